The van der Waals surface area contributed by atoms with Crippen LogP contribution in [0.3, 0.4) is 0 Å². The van der Waals surface area contributed by atoms with Crippen LogP contribution in [0.15, 0.2) is 6.33 Å². The van der Waals surface area contributed by atoms with Crippen LogP contribution in [0.4, 0.5) is 5.82 Å². The summed E-state index contributed by atoms with van der Waals surface area (Å²) >= 11 is 0. The minimum absolute atomic E-state index is 0.303. The van der Waals surface area contributed by atoms with Crippen molar-refractivity contribution in [3.8, 4) is 0 Å². The molecule has 2 aromatic heterocycles. The van der Waals surface area contributed by atoms with Gasteiger partial charge in [-0.15, -0.1) is 0 Å². The Morgan fingerprint density at radius 1 is 1.33 bits per heavy atom. The molecular formula is C8H9N7. The number of nitrogens with zero attached hydrogens (tertiary/aromatic N) is 3. The number of hydrogen-bond donors (Lipinski definition) is 4. The monoisotopic (exact) mass is 203 g/mol. The molecule has 0 unspecified atom stereocenters. The molecular weight excluding hydrogens is 194 g/mol. The number of aromatic nitrogens is 4. The Morgan fingerprint density at radius 2 is 2.07 bits per heavy atom. The number of fused-ring (bicyclic) bond motifs is 1. The third-order valence-electron chi connectivity index (χ3n) is 2.10. The Bertz CT molecular complexity index is 507. The largest absolute Gasteiger partial charge is 0.383 e. The van der Waals surface area contributed by atoms with Crippen molar-refractivity contribution in [3.05, 3.63) is 12.0 Å². The Hall–Kier alpha value is -2.31. The summed E-state index contributed by atoms with van der Waals surface area (Å²) in [5.41, 5.74) is 6.71. The summed E-state index contributed by atoms with van der Waals surface area (Å²) < 4.78 is 0. The van der Waals surface area contributed by atoms with E-state index >= 15 is 0 Å². The molecule has 0 bridgehead atoms. The van der Waals surface area contributed by atoms with Gasteiger partial charge in [-0.25, -0.2) is 9.97 Å². The van der Waals surface area contributed by atoms with Crippen LogP contribution < -0.4 is 5.73 Å². The normalized spacial score (nSPS) is 12.5. The van der Waals surface area contributed by atoms with E-state index in [4.69, 9.17) is 16.6 Å². The molecule has 2 rings (SSSR count). The van der Waals surface area contributed by atoms with Crippen molar-refractivity contribution in [1.82, 2.24) is 20.2 Å². The number of rotatable bonds is 3. The van der Waals surface area contributed by atoms with E-state index in [0.717, 1.165) is 12.4 Å². The minimum atomic E-state index is -0.469. The first-order valence-corrected chi connectivity index (χ1v) is 4.23. The molecule has 7 nitrogen and oxygen atoms in total. The highest BCUT2D eigenvalue weighted by molar-refractivity contribution is 5.96. The van der Waals surface area contributed by atoms with Crippen molar-refractivity contribution in [1.29, 1.82) is 10.8 Å². The summed E-state index contributed by atoms with van der Waals surface area (Å²) in [6, 6.07) is 0. The number of H-pyrrole nitrogens is 1. The maximum atomic E-state index is 7.18. The van der Waals surface area contributed by atoms with E-state index in [-0.39, 0.29) is 0 Å². The third kappa shape index (κ3) is 1.33. The Morgan fingerprint density at radius 3 is 2.73 bits per heavy atom. The minimum Gasteiger partial charge on any atom is -0.383 e. The fourth-order valence-electron chi connectivity index (χ4n) is 1.36. The zero-order valence-electron chi connectivity index (χ0n) is 7.73. The second-order valence-corrected chi connectivity index (χ2v) is 2.95. The first-order valence-electron chi connectivity index (χ1n) is 4.23. The van der Waals surface area contributed by atoms with Crippen LogP contribution in [0, 0.1) is 10.8 Å². The molecule has 0 saturated heterocycles. The Balaban J connectivity index is 2.71. The predicted molar refractivity (Wildman–Crippen MR) is 56.4 cm³/mol. The van der Waals surface area contributed by atoms with Gasteiger partial charge in [-0.1, -0.05) is 0 Å². The lowest BCUT2D eigenvalue weighted by molar-refractivity contribution is 1.01. The number of nitrogens with one attached hydrogen (secondary N) is 3. The number of hydrogen-bond acceptors (Lipinski definition) is 6. The molecule has 0 aliphatic carbocycles. The number of nitrogen functional groups attached to an aromatic ring is 1. The summed E-state index contributed by atoms with van der Waals surface area (Å²) in [6.07, 6.45) is 3.59. The molecule has 2 heterocycles. The van der Waals surface area contributed by atoms with Crippen molar-refractivity contribution in [2.24, 2.45) is 0 Å². The van der Waals surface area contributed by atoms with Gasteiger partial charge >= 0.3 is 0 Å². The standard InChI is InChI=1S/C8H9N7/c9-1-4(2-10)6-5-7(11)12-3-13-8(5)15-14-6/h1-4,9-10H,(H3,11,12,13,14,15). The van der Waals surface area contributed by atoms with E-state index in [1.165, 1.54) is 6.33 Å². The van der Waals surface area contributed by atoms with E-state index in [2.05, 4.69) is 20.2 Å². The topological polar surface area (TPSA) is 128 Å². The molecule has 5 N–H and O–H groups in total. The van der Waals surface area contributed by atoms with Crippen LogP contribution in [0.25, 0.3) is 11.0 Å². The van der Waals surface area contributed by atoms with Gasteiger partial charge in [0.2, 0.25) is 0 Å². The molecule has 0 aliphatic rings. The van der Waals surface area contributed by atoms with E-state index in [1.54, 1.807) is 0 Å². The first-order chi connectivity index (χ1) is 7.27. The van der Waals surface area contributed by atoms with Crippen molar-refractivity contribution in [2.45, 2.75) is 5.92 Å². The number of aromatic amines is 1. The van der Waals surface area contributed by atoms with Gasteiger partial charge in [0.25, 0.3) is 0 Å². The molecule has 0 spiro atoms. The van der Waals surface area contributed by atoms with E-state index in [0.29, 0.717) is 22.5 Å². The van der Waals surface area contributed by atoms with Gasteiger partial charge in [0, 0.05) is 12.4 Å². The second kappa shape index (κ2) is 3.45. The summed E-state index contributed by atoms with van der Waals surface area (Å²) in [5.74, 6) is -0.166. The zero-order valence-corrected chi connectivity index (χ0v) is 7.73. The van der Waals surface area contributed by atoms with Crippen LogP contribution in [0.5, 0.6) is 0 Å². The van der Waals surface area contributed by atoms with Crippen LogP contribution in [0.2, 0.25) is 0 Å². The van der Waals surface area contributed by atoms with Gasteiger partial charge in [0.15, 0.2) is 5.65 Å². The van der Waals surface area contributed by atoms with Crippen LogP contribution in [-0.4, -0.2) is 32.6 Å². The fourth-order valence-corrected chi connectivity index (χ4v) is 1.36. The van der Waals surface area contributed by atoms with Gasteiger partial charge in [0.1, 0.15) is 12.1 Å². The van der Waals surface area contributed by atoms with E-state index in [1.807, 2.05) is 0 Å². The molecule has 0 atom stereocenters. The van der Waals surface area contributed by atoms with Crippen molar-refractivity contribution >= 4 is 29.3 Å². The molecule has 76 valence electrons. The van der Waals surface area contributed by atoms with E-state index in [9.17, 15) is 0 Å². The third-order valence-corrected chi connectivity index (χ3v) is 2.10. The van der Waals surface area contributed by atoms with Crippen molar-refractivity contribution < 1.29 is 0 Å². The molecule has 2 aromatic rings. The highest BCUT2D eigenvalue weighted by Gasteiger charge is 2.16. The predicted octanol–water partition coefficient (Wildman–Crippen LogP) is 0.318. The van der Waals surface area contributed by atoms with Crippen molar-refractivity contribution in [3.63, 3.8) is 0 Å². The Labute approximate surface area is 84.8 Å². The highest BCUT2D eigenvalue weighted by atomic mass is 15.2. The molecule has 0 aliphatic heterocycles. The summed E-state index contributed by atoms with van der Waals surface area (Å²) in [7, 11) is 0. The highest BCUT2D eigenvalue weighted by Crippen LogP contribution is 2.23. The second-order valence-electron chi connectivity index (χ2n) is 2.95. The fraction of sp³-hybridized carbons (Fsp3) is 0.125. The van der Waals surface area contributed by atoms with Gasteiger partial charge in [-0.05, 0) is 0 Å². The summed E-state index contributed by atoms with van der Waals surface area (Å²) in [6.45, 7) is 0. The van der Waals surface area contributed by atoms with Crippen molar-refractivity contribution in [2.75, 3.05) is 5.73 Å². The van der Waals surface area contributed by atoms with Crippen LogP contribution in [0.1, 0.15) is 11.6 Å². The Kier molecular flexibility index (Phi) is 2.13. The average Bonchev–Trinajstić information content (AvgIpc) is 2.66. The summed E-state index contributed by atoms with van der Waals surface area (Å²) in [4.78, 5) is 7.78. The zero-order chi connectivity index (χ0) is 10.8. The van der Waals surface area contributed by atoms with Gasteiger partial charge in [0.05, 0.1) is 17.0 Å². The van der Waals surface area contributed by atoms with Crippen LogP contribution in [-0.2, 0) is 0 Å². The average molecular weight is 203 g/mol. The molecule has 0 saturated carbocycles. The SMILES string of the molecule is N=CC(C=N)c1[nH]nc2ncnc(N)c12. The number of nitrogens with two attached hydrogens (primary N) is 1. The molecule has 0 aromatic carbocycles. The quantitative estimate of drug-likeness (QED) is 0.535. The van der Waals surface area contributed by atoms with Crippen LogP contribution >= 0.6 is 0 Å². The lowest BCUT2D eigenvalue weighted by atomic mass is 10.1. The molecule has 15 heavy (non-hydrogen) atoms. The molecule has 0 radical (unpaired) electrons. The lowest BCUT2D eigenvalue weighted by Crippen LogP contribution is -2.03. The maximum Gasteiger partial charge on any atom is 0.186 e. The first kappa shape index (κ1) is 9.25. The summed E-state index contributed by atoms with van der Waals surface area (Å²) in [5, 5.41) is 21.6. The maximum absolute atomic E-state index is 7.18. The smallest absolute Gasteiger partial charge is 0.186 e. The molecule has 0 amide bonds. The van der Waals surface area contributed by atoms with Gasteiger partial charge in [-0.2, -0.15) is 5.10 Å². The lowest BCUT2D eigenvalue weighted by Gasteiger charge is -2.02. The van der Waals surface area contributed by atoms with E-state index < -0.39 is 5.92 Å². The molecule has 7 heteroatoms. The van der Waals surface area contributed by atoms with Gasteiger partial charge in [-0.3, -0.25) is 5.10 Å². The number of anilines is 1. The van der Waals surface area contributed by atoms with Gasteiger partial charge < -0.3 is 16.6 Å². The molecule has 0 fully saturated rings.